The second-order valence-electron chi connectivity index (χ2n) is 2.53. The number of carboxylic acids is 1. The maximum atomic E-state index is 9.60. The van der Waals surface area contributed by atoms with Crippen LogP contribution in [0.5, 0.6) is 0 Å². The van der Waals surface area contributed by atoms with E-state index in [-0.39, 0.29) is 12.8 Å². The third kappa shape index (κ3) is 10.6. The molecule has 0 fully saturated rings. The van der Waals surface area contributed by atoms with Crippen molar-refractivity contribution < 1.29 is 14.7 Å². The molecule has 1 aliphatic rings. The third-order valence-electron chi connectivity index (χ3n) is 1.36. The van der Waals surface area contributed by atoms with Gasteiger partial charge in [-0.1, -0.05) is 24.3 Å². The van der Waals surface area contributed by atoms with Crippen molar-refractivity contribution in [2.45, 2.75) is 25.7 Å². The standard InChI is InChI=1S/C6H8.C4H6O3/c1-2-4-6-5-3-1;5-3-1-2-4(6)7/h1-4H,5-6H2;3H,1-2H2,(H,6,7). The Kier molecular flexibility index (Phi) is 7.79. The summed E-state index contributed by atoms with van der Waals surface area (Å²) < 4.78 is 0. The van der Waals surface area contributed by atoms with Crippen LogP contribution in [-0.4, -0.2) is 17.4 Å². The fourth-order valence-electron chi connectivity index (χ4n) is 0.724. The predicted octanol–water partition coefficient (Wildman–Crippen LogP) is 1.94. The topological polar surface area (TPSA) is 54.4 Å². The summed E-state index contributed by atoms with van der Waals surface area (Å²) >= 11 is 0. The summed E-state index contributed by atoms with van der Waals surface area (Å²) in [7, 11) is 0. The highest BCUT2D eigenvalue weighted by Gasteiger charge is 1.91. The van der Waals surface area contributed by atoms with Gasteiger partial charge in [-0.3, -0.25) is 4.79 Å². The van der Waals surface area contributed by atoms with Crippen molar-refractivity contribution in [3.8, 4) is 0 Å². The minimum Gasteiger partial charge on any atom is -0.481 e. The number of aliphatic carboxylic acids is 1. The number of hydrogen-bond acceptors (Lipinski definition) is 2. The van der Waals surface area contributed by atoms with E-state index in [9.17, 15) is 9.59 Å². The highest BCUT2D eigenvalue weighted by atomic mass is 16.4. The summed E-state index contributed by atoms with van der Waals surface area (Å²) in [6.45, 7) is 0. The molecule has 0 aromatic heterocycles. The molecule has 1 aliphatic carbocycles. The van der Waals surface area contributed by atoms with Crippen LogP contribution in [0.25, 0.3) is 0 Å². The van der Waals surface area contributed by atoms with Gasteiger partial charge >= 0.3 is 5.97 Å². The molecule has 1 N–H and O–H groups in total. The number of hydrogen-bond donors (Lipinski definition) is 1. The molecule has 3 nitrogen and oxygen atoms in total. The number of carbonyl (C=O) groups excluding carboxylic acids is 1. The van der Waals surface area contributed by atoms with Crippen LogP contribution in [0.4, 0.5) is 0 Å². The van der Waals surface area contributed by atoms with Crippen LogP contribution in [0, 0.1) is 0 Å². The molecule has 0 spiro atoms. The highest BCUT2D eigenvalue weighted by molar-refractivity contribution is 5.70. The average Bonchev–Trinajstić information content (AvgIpc) is 2.18. The monoisotopic (exact) mass is 182 g/mol. The first-order chi connectivity index (χ1) is 6.27. The summed E-state index contributed by atoms with van der Waals surface area (Å²) in [5, 5.41) is 7.89. The van der Waals surface area contributed by atoms with Crippen molar-refractivity contribution in [3.63, 3.8) is 0 Å². The van der Waals surface area contributed by atoms with E-state index in [4.69, 9.17) is 5.11 Å². The van der Waals surface area contributed by atoms with Crippen LogP contribution in [0.15, 0.2) is 24.3 Å². The van der Waals surface area contributed by atoms with Gasteiger partial charge in [-0.15, -0.1) is 0 Å². The van der Waals surface area contributed by atoms with E-state index in [1.54, 1.807) is 0 Å². The molecule has 0 aliphatic heterocycles. The number of allylic oxidation sites excluding steroid dienone is 4. The minimum absolute atomic E-state index is 0.0521. The molecular weight excluding hydrogens is 168 g/mol. The Hall–Kier alpha value is -1.38. The third-order valence-corrected chi connectivity index (χ3v) is 1.36. The SMILES string of the molecule is C1=CCCC=C1.O=CCCC(=O)O. The van der Waals surface area contributed by atoms with Crippen LogP contribution < -0.4 is 0 Å². The lowest BCUT2D eigenvalue weighted by Gasteiger charge is -1.88. The van der Waals surface area contributed by atoms with Gasteiger partial charge in [0, 0.05) is 6.42 Å². The van der Waals surface area contributed by atoms with E-state index in [2.05, 4.69) is 24.3 Å². The first kappa shape index (κ1) is 11.6. The Morgan fingerprint density at radius 3 is 2.00 bits per heavy atom. The van der Waals surface area contributed by atoms with Crippen LogP contribution in [0.1, 0.15) is 25.7 Å². The van der Waals surface area contributed by atoms with Crippen LogP contribution in [0.3, 0.4) is 0 Å². The van der Waals surface area contributed by atoms with Crippen molar-refractivity contribution >= 4 is 12.3 Å². The van der Waals surface area contributed by atoms with Crippen molar-refractivity contribution in [2.75, 3.05) is 0 Å². The van der Waals surface area contributed by atoms with E-state index in [0.29, 0.717) is 6.29 Å². The van der Waals surface area contributed by atoms with Gasteiger partial charge in [0.2, 0.25) is 0 Å². The molecule has 0 saturated heterocycles. The molecule has 1 rings (SSSR count). The first-order valence-electron chi connectivity index (χ1n) is 4.24. The molecule has 0 aromatic rings. The fraction of sp³-hybridized carbons (Fsp3) is 0.400. The van der Waals surface area contributed by atoms with Crippen molar-refractivity contribution in [1.29, 1.82) is 0 Å². The quantitative estimate of drug-likeness (QED) is 0.678. The van der Waals surface area contributed by atoms with E-state index in [1.807, 2.05) is 0 Å². The lowest BCUT2D eigenvalue weighted by atomic mass is 10.2. The number of carbonyl (C=O) groups is 2. The summed E-state index contributed by atoms with van der Waals surface area (Å²) in [4.78, 5) is 19.0. The molecule has 72 valence electrons. The average molecular weight is 182 g/mol. The van der Waals surface area contributed by atoms with E-state index >= 15 is 0 Å². The Bertz CT molecular complexity index is 192. The van der Waals surface area contributed by atoms with Gasteiger partial charge in [0.05, 0.1) is 6.42 Å². The van der Waals surface area contributed by atoms with Crippen molar-refractivity contribution in [3.05, 3.63) is 24.3 Å². The van der Waals surface area contributed by atoms with Crippen LogP contribution >= 0.6 is 0 Å². The Balaban J connectivity index is 0.000000223. The Labute approximate surface area is 77.8 Å². The smallest absolute Gasteiger partial charge is 0.303 e. The zero-order chi connectivity index (χ0) is 9.94. The van der Waals surface area contributed by atoms with E-state index in [1.165, 1.54) is 12.8 Å². The summed E-state index contributed by atoms with van der Waals surface area (Å²) in [6.07, 6.45) is 11.7. The molecule has 0 heterocycles. The molecule has 0 aromatic carbocycles. The van der Waals surface area contributed by atoms with Crippen LogP contribution in [0.2, 0.25) is 0 Å². The van der Waals surface area contributed by atoms with E-state index in [0.717, 1.165) is 0 Å². The molecule has 0 bridgehead atoms. The first-order valence-corrected chi connectivity index (χ1v) is 4.24. The molecular formula is C10H14O3. The van der Waals surface area contributed by atoms with Gasteiger partial charge in [-0.05, 0) is 12.8 Å². The van der Waals surface area contributed by atoms with Crippen molar-refractivity contribution in [2.24, 2.45) is 0 Å². The second-order valence-corrected chi connectivity index (χ2v) is 2.53. The molecule has 3 heteroatoms. The summed E-state index contributed by atoms with van der Waals surface area (Å²) in [5.41, 5.74) is 0. The maximum absolute atomic E-state index is 9.60. The zero-order valence-corrected chi connectivity index (χ0v) is 7.48. The van der Waals surface area contributed by atoms with E-state index < -0.39 is 5.97 Å². The van der Waals surface area contributed by atoms with Gasteiger partial charge in [-0.2, -0.15) is 0 Å². The maximum Gasteiger partial charge on any atom is 0.303 e. The lowest BCUT2D eigenvalue weighted by Crippen LogP contribution is -1.93. The molecule has 0 amide bonds. The molecule has 0 atom stereocenters. The van der Waals surface area contributed by atoms with Gasteiger partial charge < -0.3 is 9.90 Å². The molecule has 0 radical (unpaired) electrons. The summed E-state index contributed by atoms with van der Waals surface area (Å²) in [5.74, 6) is -0.924. The molecule has 0 saturated carbocycles. The number of aldehydes is 1. The predicted molar refractivity (Wildman–Crippen MR) is 50.4 cm³/mol. The highest BCUT2D eigenvalue weighted by Crippen LogP contribution is 1.98. The second kappa shape index (κ2) is 8.71. The Morgan fingerprint density at radius 1 is 1.31 bits per heavy atom. The fourth-order valence-corrected chi connectivity index (χ4v) is 0.724. The summed E-state index contributed by atoms with van der Waals surface area (Å²) in [6, 6.07) is 0. The van der Waals surface area contributed by atoms with Crippen molar-refractivity contribution in [1.82, 2.24) is 0 Å². The number of carboxylic acid groups (broad SMARTS) is 1. The van der Waals surface area contributed by atoms with Crippen LogP contribution in [-0.2, 0) is 9.59 Å². The zero-order valence-electron chi connectivity index (χ0n) is 7.48. The number of rotatable bonds is 3. The van der Waals surface area contributed by atoms with Gasteiger partial charge in [-0.25, -0.2) is 0 Å². The van der Waals surface area contributed by atoms with Gasteiger partial charge in [0.1, 0.15) is 6.29 Å². The molecule has 13 heavy (non-hydrogen) atoms. The van der Waals surface area contributed by atoms with Gasteiger partial charge in [0.15, 0.2) is 0 Å². The minimum atomic E-state index is -0.924. The normalized spacial score (nSPS) is 12.9. The molecule has 0 unspecified atom stereocenters. The largest absolute Gasteiger partial charge is 0.481 e. The lowest BCUT2D eigenvalue weighted by molar-refractivity contribution is -0.137. The Morgan fingerprint density at radius 2 is 1.85 bits per heavy atom. The van der Waals surface area contributed by atoms with Gasteiger partial charge in [0.25, 0.3) is 0 Å².